The summed E-state index contributed by atoms with van der Waals surface area (Å²) in [6, 6.07) is 11.9. The summed E-state index contributed by atoms with van der Waals surface area (Å²) in [5, 5.41) is 9.68. The second-order valence-electron chi connectivity index (χ2n) is 4.31. The highest BCUT2D eigenvalue weighted by atomic mass is 79.9. The number of aromatic hydroxyl groups is 1. The van der Waals surface area contributed by atoms with E-state index in [2.05, 4.69) is 15.9 Å². The number of nitrogen functional groups attached to an aromatic ring is 1. The quantitative estimate of drug-likeness (QED) is 0.845. The van der Waals surface area contributed by atoms with Gasteiger partial charge in [-0.05, 0) is 65.3 Å². The molecule has 0 unspecified atom stereocenters. The summed E-state index contributed by atoms with van der Waals surface area (Å²) in [5.41, 5.74) is 7.51. The van der Waals surface area contributed by atoms with E-state index in [9.17, 15) is 9.90 Å². The summed E-state index contributed by atoms with van der Waals surface area (Å²) in [5.74, 6) is -0.121. The van der Waals surface area contributed by atoms with Gasteiger partial charge < -0.3 is 15.7 Å². The average Bonchev–Trinajstić information content (AvgIpc) is 2.44. The number of benzene rings is 2. The van der Waals surface area contributed by atoms with Crippen LogP contribution in [0.1, 0.15) is 17.3 Å². The van der Waals surface area contributed by atoms with Gasteiger partial charge in [-0.15, -0.1) is 0 Å². The molecule has 0 saturated heterocycles. The van der Waals surface area contributed by atoms with E-state index in [0.29, 0.717) is 22.3 Å². The van der Waals surface area contributed by atoms with E-state index in [-0.39, 0.29) is 11.7 Å². The van der Waals surface area contributed by atoms with Gasteiger partial charge in [0.2, 0.25) is 0 Å². The Kier molecular flexibility index (Phi) is 4.29. The average molecular weight is 335 g/mol. The fraction of sp³-hybridized carbons (Fsp3) is 0.133. The van der Waals surface area contributed by atoms with Crippen molar-refractivity contribution in [3.05, 3.63) is 52.5 Å². The third-order valence-corrected chi connectivity index (χ3v) is 3.63. The van der Waals surface area contributed by atoms with Crippen LogP contribution >= 0.6 is 15.9 Å². The smallest absolute Gasteiger partial charge is 0.258 e. The molecule has 104 valence electrons. The Morgan fingerprint density at radius 1 is 1.25 bits per heavy atom. The third kappa shape index (κ3) is 2.93. The predicted octanol–water partition coefficient (Wildman–Crippen LogP) is 3.40. The summed E-state index contributed by atoms with van der Waals surface area (Å²) < 4.78 is 0.560. The van der Waals surface area contributed by atoms with Crippen molar-refractivity contribution in [3.8, 4) is 5.75 Å². The Balaban J connectivity index is 2.33. The molecule has 2 aromatic rings. The van der Waals surface area contributed by atoms with Crippen LogP contribution in [-0.2, 0) is 0 Å². The lowest BCUT2D eigenvalue weighted by atomic mass is 10.1. The molecule has 2 rings (SSSR count). The van der Waals surface area contributed by atoms with Crippen LogP contribution in [-0.4, -0.2) is 17.6 Å². The number of hydrogen-bond donors (Lipinski definition) is 2. The lowest BCUT2D eigenvalue weighted by Crippen LogP contribution is -2.30. The molecule has 0 aliphatic rings. The Labute approximate surface area is 126 Å². The minimum atomic E-state index is -0.167. The number of phenolic OH excluding ortho intramolecular Hbond substituents is 1. The molecule has 0 atom stereocenters. The van der Waals surface area contributed by atoms with Crippen molar-refractivity contribution in [2.45, 2.75) is 6.92 Å². The standard InChI is InChI=1S/C15H15BrN2O2/c1-2-18(12-6-4-11(17)5-7-12)15(20)10-3-8-13(16)14(19)9-10/h3-9,19H,2,17H2,1H3. The molecule has 0 fully saturated rings. The number of halogens is 1. The highest BCUT2D eigenvalue weighted by molar-refractivity contribution is 9.10. The largest absolute Gasteiger partial charge is 0.507 e. The van der Waals surface area contributed by atoms with Gasteiger partial charge in [-0.25, -0.2) is 0 Å². The molecule has 0 heterocycles. The number of phenols is 1. The van der Waals surface area contributed by atoms with Crippen LogP contribution in [0.15, 0.2) is 46.9 Å². The number of carbonyl (C=O) groups is 1. The van der Waals surface area contributed by atoms with Crippen molar-refractivity contribution < 1.29 is 9.90 Å². The molecule has 0 aliphatic heterocycles. The van der Waals surface area contributed by atoms with Crippen molar-refractivity contribution in [2.24, 2.45) is 0 Å². The fourth-order valence-corrected chi connectivity index (χ4v) is 2.15. The molecule has 0 saturated carbocycles. The van der Waals surface area contributed by atoms with Gasteiger partial charge in [0.05, 0.1) is 4.47 Å². The van der Waals surface area contributed by atoms with Gasteiger partial charge in [0.25, 0.3) is 5.91 Å². The highest BCUT2D eigenvalue weighted by Gasteiger charge is 2.17. The molecule has 4 nitrogen and oxygen atoms in total. The molecule has 0 radical (unpaired) electrons. The minimum Gasteiger partial charge on any atom is -0.507 e. The highest BCUT2D eigenvalue weighted by Crippen LogP contribution is 2.26. The molecule has 0 spiro atoms. The molecule has 20 heavy (non-hydrogen) atoms. The maximum Gasteiger partial charge on any atom is 0.258 e. The van der Waals surface area contributed by atoms with E-state index >= 15 is 0 Å². The van der Waals surface area contributed by atoms with Gasteiger partial charge in [0, 0.05) is 23.5 Å². The monoisotopic (exact) mass is 334 g/mol. The Morgan fingerprint density at radius 3 is 2.45 bits per heavy atom. The van der Waals surface area contributed by atoms with Gasteiger partial charge in [-0.2, -0.15) is 0 Å². The zero-order chi connectivity index (χ0) is 14.7. The fourth-order valence-electron chi connectivity index (χ4n) is 1.90. The zero-order valence-electron chi connectivity index (χ0n) is 11.0. The van der Waals surface area contributed by atoms with Gasteiger partial charge in [-0.3, -0.25) is 4.79 Å². The van der Waals surface area contributed by atoms with E-state index in [1.807, 2.05) is 6.92 Å². The van der Waals surface area contributed by atoms with Crippen LogP contribution in [0.2, 0.25) is 0 Å². The van der Waals surface area contributed by atoms with Crippen LogP contribution in [0.3, 0.4) is 0 Å². The van der Waals surface area contributed by atoms with Crippen molar-refractivity contribution in [3.63, 3.8) is 0 Å². The first-order valence-electron chi connectivity index (χ1n) is 6.19. The number of carbonyl (C=O) groups excluding carboxylic acids is 1. The summed E-state index contributed by atoms with van der Waals surface area (Å²) in [6.45, 7) is 2.42. The molecule has 0 bridgehead atoms. The van der Waals surface area contributed by atoms with Gasteiger partial charge in [0.15, 0.2) is 0 Å². The van der Waals surface area contributed by atoms with E-state index in [1.54, 1.807) is 41.3 Å². The maximum atomic E-state index is 12.5. The van der Waals surface area contributed by atoms with Crippen molar-refractivity contribution in [1.82, 2.24) is 0 Å². The normalized spacial score (nSPS) is 10.3. The van der Waals surface area contributed by atoms with Crippen LogP contribution in [0.4, 0.5) is 11.4 Å². The minimum absolute atomic E-state index is 0.0456. The van der Waals surface area contributed by atoms with Crippen molar-refractivity contribution in [2.75, 3.05) is 17.2 Å². The zero-order valence-corrected chi connectivity index (χ0v) is 12.6. The van der Waals surface area contributed by atoms with Crippen LogP contribution < -0.4 is 10.6 Å². The maximum absolute atomic E-state index is 12.5. The van der Waals surface area contributed by atoms with Crippen molar-refractivity contribution >= 4 is 33.2 Å². The molecular weight excluding hydrogens is 320 g/mol. The van der Waals surface area contributed by atoms with E-state index in [1.165, 1.54) is 6.07 Å². The lowest BCUT2D eigenvalue weighted by Gasteiger charge is -2.21. The van der Waals surface area contributed by atoms with Crippen molar-refractivity contribution in [1.29, 1.82) is 0 Å². The number of amides is 1. The number of nitrogens with two attached hydrogens (primary N) is 1. The Morgan fingerprint density at radius 2 is 1.90 bits per heavy atom. The molecule has 0 aliphatic carbocycles. The predicted molar refractivity (Wildman–Crippen MR) is 84.0 cm³/mol. The summed E-state index contributed by atoms with van der Waals surface area (Å²) >= 11 is 3.20. The first kappa shape index (κ1) is 14.4. The number of hydrogen-bond acceptors (Lipinski definition) is 3. The van der Waals surface area contributed by atoms with Crippen LogP contribution in [0.25, 0.3) is 0 Å². The molecular formula is C15H15BrN2O2. The van der Waals surface area contributed by atoms with Gasteiger partial charge in [-0.1, -0.05) is 0 Å². The number of nitrogens with zero attached hydrogens (tertiary/aromatic N) is 1. The lowest BCUT2D eigenvalue weighted by molar-refractivity contribution is 0.0988. The molecule has 1 amide bonds. The van der Waals surface area contributed by atoms with E-state index in [4.69, 9.17) is 5.73 Å². The van der Waals surface area contributed by atoms with Crippen LogP contribution in [0, 0.1) is 0 Å². The third-order valence-electron chi connectivity index (χ3n) is 2.96. The molecule has 0 aromatic heterocycles. The second-order valence-corrected chi connectivity index (χ2v) is 5.16. The summed E-state index contributed by atoms with van der Waals surface area (Å²) in [4.78, 5) is 14.1. The SMILES string of the molecule is CCN(C(=O)c1ccc(Br)c(O)c1)c1ccc(N)cc1. The first-order valence-corrected chi connectivity index (χ1v) is 6.98. The van der Waals surface area contributed by atoms with Gasteiger partial charge in [0.1, 0.15) is 5.75 Å². The summed E-state index contributed by atoms with van der Waals surface area (Å²) in [6.07, 6.45) is 0. The topological polar surface area (TPSA) is 66.6 Å². The van der Waals surface area contributed by atoms with Crippen LogP contribution in [0.5, 0.6) is 5.75 Å². The van der Waals surface area contributed by atoms with E-state index < -0.39 is 0 Å². The molecule has 3 N–H and O–H groups in total. The number of anilines is 2. The molecule has 2 aromatic carbocycles. The van der Waals surface area contributed by atoms with E-state index in [0.717, 1.165) is 5.69 Å². The second kappa shape index (κ2) is 5.96. The summed E-state index contributed by atoms with van der Waals surface area (Å²) in [7, 11) is 0. The Bertz CT molecular complexity index is 626. The first-order chi connectivity index (χ1) is 9.52. The van der Waals surface area contributed by atoms with Gasteiger partial charge >= 0.3 is 0 Å². The number of rotatable bonds is 3. The molecule has 5 heteroatoms. The Hall–Kier alpha value is -2.01.